The summed E-state index contributed by atoms with van der Waals surface area (Å²) >= 11 is 5.55. The number of nitrogens with zero attached hydrogens (tertiary/aromatic N) is 1. The first-order chi connectivity index (χ1) is 7.22. The Balaban J connectivity index is 2.37. The number of nitro groups is 1. The number of benzene rings is 1. The minimum Gasteiger partial charge on any atom is -0.365 e. The van der Waals surface area contributed by atoms with Crippen molar-refractivity contribution in [2.45, 2.75) is 12.7 Å². The van der Waals surface area contributed by atoms with E-state index >= 15 is 0 Å². The van der Waals surface area contributed by atoms with Crippen LogP contribution in [-0.2, 0) is 11.3 Å². The molecule has 0 spiro atoms. The van der Waals surface area contributed by atoms with Gasteiger partial charge in [0.1, 0.15) is 6.10 Å². The average Bonchev–Trinajstić information content (AvgIpc) is 2.25. The fourth-order valence-electron chi connectivity index (χ4n) is 1.10. The van der Waals surface area contributed by atoms with Crippen LogP contribution >= 0.6 is 11.6 Å². The monoisotopic (exact) mass is 229 g/mol. The summed E-state index contributed by atoms with van der Waals surface area (Å²) in [4.78, 5) is 9.83. The highest BCUT2D eigenvalue weighted by Gasteiger charge is 2.14. The van der Waals surface area contributed by atoms with E-state index in [-0.39, 0.29) is 12.4 Å². The molecule has 4 nitrogen and oxygen atoms in total. The SMILES string of the molecule is O=[N+]([O-])C[C@H](CCl)OCc1ccccc1. The smallest absolute Gasteiger partial charge is 0.230 e. The van der Waals surface area contributed by atoms with Crippen LogP contribution in [0, 0.1) is 10.1 Å². The van der Waals surface area contributed by atoms with Gasteiger partial charge in [-0.15, -0.1) is 11.6 Å². The normalized spacial score (nSPS) is 12.3. The third-order valence-corrected chi connectivity index (χ3v) is 2.20. The van der Waals surface area contributed by atoms with E-state index in [9.17, 15) is 10.1 Å². The van der Waals surface area contributed by atoms with Gasteiger partial charge in [0.15, 0.2) is 0 Å². The van der Waals surface area contributed by atoms with Crippen LogP contribution in [0.25, 0.3) is 0 Å². The number of hydrogen-bond donors (Lipinski definition) is 0. The fourth-order valence-corrected chi connectivity index (χ4v) is 1.29. The van der Waals surface area contributed by atoms with Crippen LogP contribution in [0.3, 0.4) is 0 Å². The Morgan fingerprint density at radius 2 is 2.07 bits per heavy atom. The van der Waals surface area contributed by atoms with E-state index in [2.05, 4.69) is 0 Å². The van der Waals surface area contributed by atoms with Gasteiger partial charge in [-0.25, -0.2) is 0 Å². The second-order valence-electron chi connectivity index (χ2n) is 3.09. The third kappa shape index (κ3) is 4.76. The molecule has 5 heteroatoms. The van der Waals surface area contributed by atoms with Gasteiger partial charge in [-0.3, -0.25) is 10.1 Å². The number of hydrogen-bond acceptors (Lipinski definition) is 3. The highest BCUT2D eigenvalue weighted by atomic mass is 35.5. The molecule has 1 aromatic carbocycles. The van der Waals surface area contributed by atoms with Crippen molar-refractivity contribution in [3.63, 3.8) is 0 Å². The maximum absolute atomic E-state index is 10.2. The Bertz CT molecular complexity index is 305. The first-order valence-electron chi connectivity index (χ1n) is 4.55. The summed E-state index contributed by atoms with van der Waals surface area (Å²) in [5, 5.41) is 10.2. The van der Waals surface area contributed by atoms with Gasteiger partial charge in [0.05, 0.1) is 12.5 Å². The highest BCUT2D eigenvalue weighted by molar-refractivity contribution is 6.18. The zero-order chi connectivity index (χ0) is 11.1. The van der Waals surface area contributed by atoms with Gasteiger partial charge in [0, 0.05) is 4.92 Å². The molecule has 0 heterocycles. The summed E-state index contributed by atoms with van der Waals surface area (Å²) in [7, 11) is 0. The molecule has 1 aromatic rings. The predicted molar refractivity (Wildman–Crippen MR) is 57.6 cm³/mol. The lowest BCUT2D eigenvalue weighted by Gasteiger charge is -2.10. The second kappa shape index (κ2) is 6.37. The number of ether oxygens (including phenoxy) is 1. The molecular formula is C10H12ClNO3. The van der Waals surface area contributed by atoms with Gasteiger partial charge in [0.25, 0.3) is 0 Å². The lowest BCUT2D eigenvalue weighted by Crippen LogP contribution is -2.24. The minimum atomic E-state index is -0.526. The molecule has 0 aliphatic heterocycles. The largest absolute Gasteiger partial charge is 0.365 e. The van der Waals surface area contributed by atoms with Crippen molar-refractivity contribution in [2.75, 3.05) is 12.4 Å². The molecular weight excluding hydrogens is 218 g/mol. The second-order valence-corrected chi connectivity index (χ2v) is 3.40. The van der Waals surface area contributed by atoms with Crippen molar-refractivity contribution in [3.05, 3.63) is 46.0 Å². The molecule has 0 saturated carbocycles. The highest BCUT2D eigenvalue weighted by Crippen LogP contribution is 2.04. The number of halogens is 1. The summed E-state index contributed by atoms with van der Waals surface area (Å²) in [6.07, 6.45) is -0.526. The maximum atomic E-state index is 10.2. The molecule has 0 radical (unpaired) electrons. The van der Waals surface area contributed by atoms with Crippen LogP contribution in [0.4, 0.5) is 0 Å². The molecule has 1 rings (SSSR count). The van der Waals surface area contributed by atoms with Crippen LogP contribution in [0.15, 0.2) is 30.3 Å². The fraction of sp³-hybridized carbons (Fsp3) is 0.400. The standard InChI is InChI=1S/C10H12ClNO3/c11-6-10(7-12(13)14)15-8-9-4-2-1-3-5-9/h1-5,10H,6-8H2/t10-/m0/s1. The molecule has 0 aliphatic rings. The van der Waals surface area contributed by atoms with Gasteiger partial charge in [0.2, 0.25) is 6.54 Å². The topological polar surface area (TPSA) is 52.4 Å². The molecule has 0 aliphatic carbocycles. The Morgan fingerprint density at radius 1 is 1.40 bits per heavy atom. The van der Waals surface area contributed by atoms with E-state index in [1.54, 1.807) is 0 Å². The molecule has 82 valence electrons. The van der Waals surface area contributed by atoms with Crippen molar-refractivity contribution in [2.24, 2.45) is 0 Å². The van der Waals surface area contributed by atoms with E-state index in [1.165, 1.54) is 0 Å². The Morgan fingerprint density at radius 3 is 2.60 bits per heavy atom. The van der Waals surface area contributed by atoms with Crippen LogP contribution in [0.2, 0.25) is 0 Å². The van der Waals surface area contributed by atoms with Crippen molar-refractivity contribution in [3.8, 4) is 0 Å². The number of rotatable bonds is 6. The van der Waals surface area contributed by atoms with Gasteiger partial charge in [-0.2, -0.15) is 0 Å². The van der Waals surface area contributed by atoms with Gasteiger partial charge >= 0.3 is 0 Å². The van der Waals surface area contributed by atoms with Crippen molar-refractivity contribution >= 4 is 11.6 Å². The van der Waals surface area contributed by atoms with E-state index in [0.29, 0.717) is 6.61 Å². The minimum absolute atomic E-state index is 0.133. The zero-order valence-corrected chi connectivity index (χ0v) is 8.89. The first-order valence-corrected chi connectivity index (χ1v) is 5.09. The summed E-state index contributed by atoms with van der Waals surface area (Å²) in [6, 6.07) is 9.48. The molecule has 0 unspecified atom stereocenters. The van der Waals surface area contributed by atoms with Gasteiger partial charge < -0.3 is 4.74 Å². The maximum Gasteiger partial charge on any atom is 0.230 e. The van der Waals surface area contributed by atoms with Crippen molar-refractivity contribution in [1.82, 2.24) is 0 Å². The molecule has 15 heavy (non-hydrogen) atoms. The molecule has 0 saturated heterocycles. The van der Waals surface area contributed by atoms with E-state index < -0.39 is 11.0 Å². The van der Waals surface area contributed by atoms with E-state index in [0.717, 1.165) is 5.56 Å². The van der Waals surface area contributed by atoms with Gasteiger partial charge in [-0.1, -0.05) is 30.3 Å². The van der Waals surface area contributed by atoms with Crippen LogP contribution in [0.5, 0.6) is 0 Å². The van der Waals surface area contributed by atoms with E-state index in [1.807, 2.05) is 30.3 Å². The predicted octanol–water partition coefficient (Wildman–Crippen LogP) is 2.09. The summed E-state index contributed by atoms with van der Waals surface area (Å²) in [5.74, 6) is 0.133. The summed E-state index contributed by atoms with van der Waals surface area (Å²) in [6.45, 7) is 0.0996. The van der Waals surface area contributed by atoms with Gasteiger partial charge in [-0.05, 0) is 5.56 Å². The van der Waals surface area contributed by atoms with E-state index in [4.69, 9.17) is 16.3 Å². The first kappa shape index (κ1) is 11.9. The molecule has 0 aromatic heterocycles. The van der Waals surface area contributed by atoms with Crippen LogP contribution < -0.4 is 0 Å². The molecule has 0 N–H and O–H groups in total. The Labute approximate surface area is 93.0 Å². The quantitative estimate of drug-likeness (QED) is 0.426. The van der Waals surface area contributed by atoms with Crippen LogP contribution in [-0.4, -0.2) is 23.5 Å². The Kier molecular flexibility index (Phi) is 5.07. The average molecular weight is 230 g/mol. The molecule has 0 fully saturated rings. The molecule has 0 bridgehead atoms. The van der Waals surface area contributed by atoms with Crippen molar-refractivity contribution < 1.29 is 9.66 Å². The third-order valence-electron chi connectivity index (χ3n) is 1.85. The summed E-state index contributed by atoms with van der Waals surface area (Å²) in [5.41, 5.74) is 0.982. The van der Waals surface area contributed by atoms with Crippen LogP contribution in [0.1, 0.15) is 5.56 Å². The lowest BCUT2D eigenvalue weighted by atomic mass is 10.2. The number of alkyl halides is 1. The zero-order valence-electron chi connectivity index (χ0n) is 8.14. The van der Waals surface area contributed by atoms with Crippen molar-refractivity contribution in [1.29, 1.82) is 0 Å². The Hall–Kier alpha value is -1.13. The lowest BCUT2D eigenvalue weighted by molar-refractivity contribution is -0.490. The molecule has 0 amide bonds. The molecule has 1 atom stereocenters. The summed E-state index contributed by atoms with van der Waals surface area (Å²) < 4.78 is 5.31.